The fourth-order valence-corrected chi connectivity index (χ4v) is 1.25. The zero-order chi connectivity index (χ0) is 13.9. The Kier molecular flexibility index (Phi) is 3.76. The number of allylic oxidation sites excluding steroid dienone is 2. The smallest absolute Gasteiger partial charge is 0.416 e. The van der Waals surface area contributed by atoms with Crippen molar-refractivity contribution in [2.24, 2.45) is 0 Å². The highest BCUT2D eigenvalue weighted by molar-refractivity contribution is 6.11. The third-order valence-electron chi connectivity index (χ3n) is 2.18. The predicted molar refractivity (Wildman–Crippen MR) is 56.7 cm³/mol. The number of nitriles is 1. The Morgan fingerprint density at radius 2 is 1.78 bits per heavy atom. The summed E-state index contributed by atoms with van der Waals surface area (Å²) in [6.45, 7) is 1.15. The van der Waals surface area contributed by atoms with Crippen LogP contribution in [0.4, 0.5) is 13.2 Å². The van der Waals surface area contributed by atoms with Gasteiger partial charge < -0.3 is 5.11 Å². The van der Waals surface area contributed by atoms with E-state index >= 15 is 0 Å². The molecule has 0 fully saturated rings. The molecule has 18 heavy (non-hydrogen) atoms. The first-order valence-corrected chi connectivity index (χ1v) is 4.79. The van der Waals surface area contributed by atoms with Crippen LogP contribution >= 0.6 is 0 Å². The lowest BCUT2D eigenvalue weighted by Gasteiger charge is -2.07. The van der Waals surface area contributed by atoms with E-state index in [9.17, 15) is 18.0 Å². The normalized spacial score (nSPS) is 12.6. The zero-order valence-corrected chi connectivity index (χ0v) is 9.25. The molecule has 1 rings (SSSR count). The number of Topliss-reactive ketones (excluding diaryl/α,β-unsaturated/α-hetero) is 1. The summed E-state index contributed by atoms with van der Waals surface area (Å²) in [6.07, 6.45) is -4.48. The number of aliphatic hydroxyl groups is 1. The van der Waals surface area contributed by atoms with E-state index in [1.54, 1.807) is 0 Å². The van der Waals surface area contributed by atoms with Crippen LogP contribution in [0.1, 0.15) is 22.8 Å². The predicted octanol–water partition coefficient (Wildman–Crippen LogP) is 3.24. The maximum Gasteiger partial charge on any atom is 0.416 e. The molecule has 6 heteroatoms. The highest BCUT2D eigenvalue weighted by atomic mass is 19.4. The minimum absolute atomic E-state index is 0.0899. The monoisotopic (exact) mass is 255 g/mol. The van der Waals surface area contributed by atoms with E-state index in [0.717, 1.165) is 31.2 Å². The van der Waals surface area contributed by atoms with Crippen LogP contribution in [0.5, 0.6) is 0 Å². The van der Waals surface area contributed by atoms with E-state index < -0.39 is 28.9 Å². The number of carbonyl (C=O) groups excluding carboxylic acids is 1. The van der Waals surface area contributed by atoms with Gasteiger partial charge in [-0.3, -0.25) is 4.79 Å². The van der Waals surface area contributed by atoms with Crippen LogP contribution in [0.15, 0.2) is 35.6 Å². The molecule has 94 valence electrons. The lowest BCUT2D eigenvalue weighted by atomic mass is 10.0. The molecule has 1 aromatic rings. The van der Waals surface area contributed by atoms with Crippen molar-refractivity contribution in [3.63, 3.8) is 0 Å². The van der Waals surface area contributed by atoms with Crippen molar-refractivity contribution in [2.75, 3.05) is 0 Å². The first-order valence-electron chi connectivity index (χ1n) is 4.79. The van der Waals surface area contributed by atoms with Gasteiger partial charge in [0.15, 0.2) is 0 Å². The molecular formula is C12H8F3NO2. The first kappa shape index (κ1) is 13.8. The molecule has 0 aliphatic carbocycles. The van der Waals surface area contributed by atoms with E-state index in [2.05, 4.69) is 0 Å². The number of halogens is 3. The molecule has 0 saturated carbocycles. The Balaban J connectivity index is 3.12. The van der Waals surface area contributed by atoms with E-state index in [0.29, 0.717) is 0 Å². The topological polar surface area (TPSA) is 61.1 Å². The second-order valence-corrected chi connectivity index (χ2v) is 3.48. The van der Waals surface area contributed by atoms with Crippen molar-refractivity contribution >= 4 is 5.78 Å². The summed E-state index contributed by atoms with van der Waals surface area (Å²) < 4.78 is 36.9. The second kappa shape index (κ2) is 4.92. The number of hydrogen-bond donors (Lipinski definition) is 1. The summed E-state index contributed by atoms with van der Waals surface area (Å²) in [6, 6.07) is 4.92. The molecule has 3 nitrogen and oxygen atoms in total. The molecule has 0 aromatic heterocycles. The summed E-state index contributed by atoms with van der Waals surface area (Å²) in [7, 11) is 0. The van der Waals surface area contributed by atoms with Gasteiger partial charge in [0.1, 0.15) is 17.4 Å². The maximum absolute atomic E-state index is 12.3. The van der Waals surface area contributed by atoms with Gasteiger partial charge in [-0.25, -0.2) is 0 Å². The van der Waals surface area contributed by atoms with Crippen LogP contribution in [0.25, 0.3) is 0 Å². The van der Waals surface area contributed by atoms with Crippen LogP contribution in [0.3, 0.4) is 0 Å². The number of hydrogen-bond acceptors (Lipinski definition) is 3. The van der Waals surface area contributed by atoms with E-state index in [-0.39, 0.29) is 5.56 Å². The van der Waals surface area contributed by atoms with Gasteiger partial charge in [-0.15, -0.1) is 0 Å². The number of ketones is 1. The van der Waals surface area contributed by atoms with Gasteiger partial charge in [0, 0.05) is 5.56 Å². The molecule has 0 bridgehead atoms. The molecule has 0 radical (unpaired) electrons. The Bertz CT molecular complexity index is 532. The van der Waals surface area contributed by atoms with Crippen LogP contribution in [0, 0.1) is 11.3 Å². The standard InChI is InChI=1S/C12H8F3NO2/c1-7(17)10(6-16)11(18)8-2-4-9(5-3-8)12(13,14)15/h2-5,17H,1H3/b10-7-. The van der Waals surface area contributed by atoms with Crippen LogP contribution < -0.4 is 0 Å². The molecule has 0 saturated heterocycles. The van der Waals surface area contributed by atoms with Gasteiger partial charge >= 0.3 is 6.18 Å². The van der Waals surface area contributed by atoms with Gasteiger partial charge in [0.25, 0.3) is 0 Å². The number of rotatable bonds is 2. The molecule has 1 N–H and O–H groups in total. The first-order chi connectivity index (χ1) is 8.27. The summed E-state index contributed by atoms with van der Waals surface area (Å²) in [5, 5.41) is 17.7. The molecule has 1 aromatic carbocycles. The number of benzene rings is 1. The summed E-state index contributed by atoms with van der Waals surface area (Å²) >= 11 is 0. The van der Waals surface area contributed by atoms with Crippen LogP contribution in [-0.4, -0.2) is 10.9 Å². The molecule has 0 amide bonds. The SMILES string of the molecule is C/C(O)=C(\C#N)C(=O)c1ccc(C(F)(F)F)cc1. The molecule has 0 heterocycles. The number of alkyl halides is 3. The summed E-state index contributed by atoms with van der Waals surface area (Å²) in [5.41, 5.74) is -1.47. The third kappa shape index (κ3) is 2.88. The average Bonchev–Trinajstić information content (AvgIpc) is 2.28. The molecule has 0 aliphatic rings. The van der Waals surface area contributed by atoms with Crippen molar-refractivity contribution in [2.45, 2.75) is 13.1 Å². The van der Waals surface area contributed by atoms with Crippen molar-refractivity contribution in [1.29, 1.82) is 5.26 Å². The van der Waals surface area contributed by atoms with Crippen molar-refractivity contribution in [1.82, 2.24) is 0 Å². The number of aliphatic hydroxyl groups excluding tert-OH is 1. The van der Waals surface area contributed by atoms with Crippen molar-refractivity contribution < 1.29 is 23.1 Å². The average molecular weight is 255 g/mol. The largest absolute Gasteiger partial charge is 0.511 e. The van der Waals surface area contributed by atoms with E-state index in [1.165, 1.54) is 6.07 Å². The molecule has 0 spiro atoms. The van der Waals surface area contributed by atoms with Crippen molar-refractivity contribution in [3.8, 4) is 6.07 Å². The van der Waals surface area contributed by atoms with Crippen molar-refractivity contribution in [3.05, 3.63) is 46.7 Å². The highest BCUT2D eigenvalue weighted by Gasteiger charge is 2.30. The Labute approximate surface area is 101 Å². The van der Waals surface area contributed by atoms with Gasteiger partial charge in [-0.2, -0.15) is 18.4 Å². The quantitative estimate of drug-likeness (QED) is 0.382. The fourth-order valence-electron chi connectivity index (χ4n) is 1.25. The van der Waals surface area contributed by atoms with E-state index in [4.69, 9.17) is 10.4 Å². The van der Waals surface area contributed by atoms with Gasteiger partial charge in [0.2, 0.25) is 5.78 Å². The van der Waals surface area contributed by atoms with Crippen LogP contribution in [0.2, 0.25) is 0 Å². The third-order valence-corrected chi connectivity index (χ3v) is 2.18. The van der Waals surface area contributed by atoms with E-state index in [1.807, 2.05) is 0 Å². The van der Waals surface area contributed by atoms with Gasteiger partial charge in [-0.1, -0.05) is 12.1 Å². The minimum atomic E-state index is -4.48. The molecule has 0 unspecified atom stereocenters. The van der Waals surface area contributed by atoms with Crippen LogP contribution in [-0.2, 0) is 6.18 Å². The minimum Gasteiger partial charge on any atom is -0.511 e. The lowest BCUT2D eigenvalue weighted by Crippen LogP contribution is -2.07. The fraction of sp³-hybridized carbons (Fsp3) is 0.167. The summed E-state index contributed by atoms with van der Waals surface area (Å²) in [5.74, 6) is -1.28. The number of nitrogens with zero attached hydrogens (tertiary/aromatic N) is 1. The Hall–Kier alpha value is -2.29. The molecule has 0 atom stereocenters. The van der Waals surface area contributed by atoms with Gasteiger partial charge in [0.05, 0.1) is 5.56 Å². The molecule has 0 aliphatic heterocycles. The zero-order valence-electron chi connectivity index (χ0n) is 9.25. The lowest BCUT2D eigenvalue weighted by molar-refractivity contribution is -0.137. The Morgan fingerprint density at radius 3 is 2.11 bits per heavy atom. The summed E-state index contributed by atoms with van der Waals surface area (Å²) in [4.78, 5) is 11.7. The Morgan fingerprint density at radius 1 is 1.28 bits per heavy atom. The maximum atomic E-state index is 12.3. The van der Waals surface area contributed by atoms with Gasteiger partial charge in [-0.05, 0) is 19.1 Å². The number of carbonyl (C=O) groups is 1. The highest BCUT2D eigenvalue weighted by Crippen LogP contribution is 2.29. The second-order valence-electron chi connectivity index (χ2n) is 3.48. The molecular weight excluding hydrogens is 247 g/mol.